The summed E-state index contributed by atoms with van der Waals surface area (Å²) in [5.41, 5.74) is 1.89. The molecule has 1 atom stereocenters. The SMILES string of the molecule is O=c1oc2ccccc2cc1C1=NO[C@H](c2cccc(O)c2)C1. The number of hydrogen-bond donors (Lipinski definition) is 1. The minimum Gasteiger partial charge on any atom is -0.508 e. The largest absolute Gasteiger partial charge is 0.508 e. The Kier molecular flexibility index (Phi) is 3.12. The van der Waals surface area contributed by atoms with Crippen LogP contribution in [0.5, 0.6) is 5.75 Å². The first-order valence-corrected chi connectivity index (χ1v) is 7.25. The summed E-state index contributed by atoms with van der Waals surface area (Å²) in [6.07, 6.45) is 0.134. The van der Waals surface area contributed by atoms with Crippen molar-refractivity contribution >= 4 is 16.7 Å². The van der Waals surface area contributed by atoms with Crippen LogP contribution >= 0.6 is 0 Å². The average molecular weight is 307 g/mol. The van der Waals surface area contributed by atoms with Gasteiger partial charge in [-0.05, 0) is 29.8 Å². The van der Waals surface area contributed by atoms with Gasteiger partial charge in [-0.2, -0.15) is 0 Å². The summed E-state index contributed by atoms with van der Waals surface area (Å²) in [5.74, 6) is 0.171. The van der Waals surface area contributed by atoms with Crippen molar-refractivity contribution in [3.05, 3.63) is 76.1 Å². The zero-order valence-electron chi connectivity index (χ0n) is 12.1. The molecule has 5 heteroatoms. The van der Waals surface area contributed by atoms with Gasteiger partial charge in [-0.15, -0.1) is 0 Å². The van der Waals surface area contributed by atoms with Crippen LogP contribution in [0.25, 0.3) is 11.0 Å². The van der Waals surface area contributed by atoms with E-state index in [1.54, 1.807) is 30.3 Å². The van der Waals surface area contributed by atoms with Crippen molar-refractivity contribution in [2.45, 2.75) is 12.5 Å². The van der Waals surface area contributed by atoms with E-state index in [0.717, 1.165) is 10.9 Å². The fourth-order valence-corrected chi connectivity index (χ4v) is 2.70. The summed E-state index contributed by atoms with van der Waals surface area (Å²) >= 11 is 0. The van der Waals surface area contributed by atoms with E-state index in [1.807, 2.05) is 24.3 Å². The first kappa shape index (κ1) is 13.6. The van der Waals surface area contributed by atoms with E-state index in [4.69, 9.17) is 9.25 Å². The van der Waals surface area contributed by atoms with Crippen LogP contribution in [-0.2, 0) is 4.84 Å². The number of benzene rings is 2. The molecular weight excluding hydrogens is 294 g/mol. The summed E-state index contributed by atoms with van der Waals surface area (Å²) in [6.45, 7) is 0. The normalized spacial score (nSPS) is 17.0. The molecule has 0 saturated carbocycles. The molecule has 114 valence electrons. The number of fused-ring (bicyclic) bond motifs is 1. The quantitative estimate of drug-likeness (QED) is 0.737. The second kappa shape index (κ2) is 5.28. The molecule has 0 unspecified atom stereocenters. The molecule has 0 fully saturated rings. The van der Waals surface area contributed by atoms with Crippen LogP contribution in [0.4, 0.5) is 0 Å². The van der Waals surface area contributed by atoms with Gasteiger partial charge in [0, 0.05) is 11.8 Å². The molecule has 1 aliphatic rings. The van der Waals surface area contributed by atoms with Crippen molar-refractivity contribution in [2.75, 3.05) is 0 Å². The zero-order chi connectivity index (χ0) is 15.8. The van der Waals surface area contributed by atoms with Gasteiger partial charge >= 0.3 is 5.63 Å². The third-order valence-electron chi connectivity index (χ3n) is 3.86. The zero-order valence-corrected chi connectivity index (χ0v) is 12.1. The first-order valence-electron chi connectivity index (χ1n) is 7.25. The Balaban J connectivity index is 1.67. The first-order chi connectivity index (χ1) is 11.2. The Morgan fingerprint density at radius 2 is 1.96 bits per heavy atom. The Hall–Kier alpha value is -3.08. The van der Waals surface area contributed by atoms with Crippen LogP contribution in [0.1, 0.15) is 23.7 Å². The molecule has 5 nitrogen and oxygen atoms in total. The second-order valence-electron chi connectivity index (χ2n) is 5.42. The van der Waals surface area contributed by atoms with E-state index in [0.29, 0.717) is 23.3 Å². The van der Waals surface area contributed by atoms with E-state index >= 15 is 0 Å². The average Bonchev–Trinajstić information content (AvgIpc) is 3.04. The number of oxime groups is 1. The molecule has 0 aliphatic carbocycles. The van der Waals surface area contributed by atoms with Crippen molar-refractivity contribution in [2.24, 2.45) is 5.16 Å². The van der Waals surface area contributed by atoms with Gasteiger partial charge in [0.2, 0.25) is 0 Å². The van der Waals surface area contributed by atoms with E-state index < -0.39 is 5.63 Å². The molecular formula is C18H13NO4. The maximum atomic E-state index is 12.2. The highest BCUT2D eigenvalue weighted by atomic mass is 16.6. The summed E-state index contributed by atoms with van der Waals surface area (Å²) in [6, 6.07) is 15.9. The molecule has 1 N–H and O–H groups in total. The van der Waals surface area contributed by atoms with E-state index in [1.165, 1.54) is 0 Å². The molecule has 0 bridgehead atoms. The molecule has 2 heterocycles. The lowest BCUT2D eigenvalue weighted by Crippen LogP contribution is -2.13. The van der Waals surface area contributed by atoms with Gasteiger partial charge in [-0.25, -0.2) is 4.79 Å². The van der Waals surface area contributed by atoms with Gasteiger partial charge in [-0.3, -0.25) is 0 Å². The lowest BCUT2D eigenvalue weighted by molar-refractivity contribution is 0.0856. The van der Waals surface area contributed by atoms with Crippen LogP contribution < -0.4 is 5.63 Å². The van der Waals surface area contributed by atoms with Crippen molar-refractivity contribution in [3.63, 3.8) is 0 Å². The van der Waals surface area contributed by atoms with Gasteiger partial charge in [0.05, 0.1) is 11.3 Å². The van der Waals surface area contributed by atoms with Crippen LogP contribution in [0.3, 0.4) is 0 Å². The maximum absolute atomic E-state index is 12.2. The highest BCUT2D eigenvalue weighted by Crippen LogP contribution is 2.30. The number of phenols is 1. The van der Waals surface area contributed by atoms with Crippen LogP contribution in [-0.4, -0.2) is 10.8 Å². The van der Waals surface area contributed by atoms with Crippen molar-refractivity contribution < 1.29 is 14.4 Å². The molecule has 0 spiro atoms. The fraction of sp³-hybridized carbons (Fsp3) is 0.111. The second-order valence-corrected chi connectivity index (χ2v) is 5.42. The monoisotopic (exact) mass is 307 g/mol. The van der Waals surface area contributed by atoms with Crippen LogP contribution in [0, 0.1) is 0 Å². The standard InChI is InChI=1S/C18H13NO4/c20-13-6-3-5-11(8-13)17-10-15(19-23-17)14-9-12-4-1-2-7-16(12)22-18(14)21/h1-9,17,20H,10H2/t17-/m0/s1. The number of rotatable bonds is 2. The van der Waals surface area contributed by atoms with Crippen LogP contribution in [0.2, 0.25) is 0 Å². The molecule has 1 aliphatic heterocycles. The van der Waals surface area contributed by atoms with E-state index in [-0.39, 0.29) is 11.9 Å². The Bertz CT molecular complexity index is 974. The third kappa shape index (κ3) is 2.46. The van der Waals surface area contributed by atoms with Gasteiger partial charge in [0.15, 0.2) is 6.10 Å². The highest BCUT2D eigenvalue weighted by molar-refractivity contribution is 6.02. The van der Waals surface area contributed by atoms with Crippen molar-refractivity contribution in [1.82, 2.24) is 0 Å². The molecule has 0 amide bonds. The molecule has 1 aromatic heterocycles. The molecule has 2 aromatic carbocycles. The summed E-state index contributed by atoms with van der Waals surface area (Å²) in [7, 11) is 0. The maximum Gasteiger partial charge on any atom is 0.345 e. The number of nitrogens with zero attached hydrogens (tertiary/aromatic N) is 1. The number of aromatic hydroxyl groups is 1. The predicted octanol–water partition coefficient (Wildman–Crippen LogP) is 3.36. The molecule has 3 aromatic rings. The van der Waals surface area contributed by atoms with Gasteiger partial charge in [0.25, 0.3) is 0 Å². The minimum atomic E-state index is -0.428. The lowest BCUT2D eigenvalue weighted by atomic mass is 10.0. The number of hydrogen-bond acceptors (Lipinski definition) is 5. The Labute approximate surface area is 131 Å². The summed E-state index contributed by atoms with van der Waals surface area (Å²) in [5, 5.41) is 14.4. The Morgan fingerprint density at radius 3 is 2.83 bits per heavy atom. The molecule has 23 heavy (non-hydrogen) atoms. The number of phenolic OH excluding ortho intramolecular Hbond substituents is 1. The van der Waals surface area contributed by atoms with Gasteiger partial charge < -0.3 is 14.4 Å². The molecule has 4 rings (SSSR count). The smallest absolute Gasteiger partial charge is 0.345 e. The highest BCUT2D eigenvalue weighted by Gasteiger charge is 2.26. The number of para-hydroxylation sites is 1. The van der Waals surface area contributed by atoms with E-state index in [2.05, 4.69) is 5.16 Å². The molecule has 0 radical (unpaired) electrons. The van der Waals surface area contributed by atoms with Crippen LogP contribution in [0.15, 0.2) is 69.0 Å². The third-order valence-corrected chi connectivity index (χ3v) is 3.86. The topological polar surface area (TPSA) is 72.0 Å². The minimum absolute atomic E-state index is 0.171. The van der Waals surface area contributed by atoms with E-state index in [9.17, 15) is 9.90 Å². The van der Waals surface area contributed by atoms with Gasteiger partial charge in [0.1, 0.15) is 11.3 Å². The van der Waals surface area contributed by atoms with Crippen molar-refractivity contribution in [1.29, 1.82) is 0 Å². The Morgan fingerprint density at radius 1 is 1.09 bits per heavy atom. The molecule has 0 saturated heterocycles. The lowest BCUT2D eigenvalue weighted by Gasteiger charge is -2.08. The predicted molar refractivity (Wildman–Crippen MR) is 85.6 cm³/mol. The summed E-state index contributed by atoms with van der Waals surface area (Å²) in [4.78, 5) is 17.6. The van der Waals surface area contributed by atoms with Gasteiger partial charge in [-0.1, -0.05) is 35.5 Å². The fourth-order valence-electron chi connectivity index (χ4n) is 2.70. The van der Waals surface area contributed by atoms with Crippen molar-refractivity contribution in [3.8, 4) is 5.75 Å². The summed E-state index contributed by atoms with van der Waals surface area (Å²) < 4.78 is 5.33.